The molecule has 0 radical (unpaired) electrons. The molecule has 0 aromatic heterocycles. The lowest BCUT2D eigenvalue weighted by Crippen LogP contribution is -2.31. The second-order valence-electron chi connectivity index (χ2n) is 6.03. The van der Waals surface area contributed by atoms with E-state index in [2.05, 4.69) is 30.1 Å². The summed E-state index contributed by atoms with van der Waals surface area (Å²) in [6.07, 6.45) is 0. The Morgan fingerprint density at radius 2 is 1.64 bits per heavy atom. The fourth-order valence-electron chi connectivity index (χ4n) is 2.79. The van der Waals surface area contributed by atoms with Crippen LogP contribution in [-0.2, 0) is 13.2 Å². The second kappa shape index (κ2) is 14.8. The summed E-state index contributed by atoms with van der Waals surface area (Å²) in [5.41, 5.74) is 2.04. The van der Waals surface area contributed by atoms with E-state index < -0.39 is 0 Å². The van der Waals surface area contributed by atoms with Gasteiger partial charge < -0.3 is 19.7 Å². The van der Waals surface area contributed by atoms with Crippen LogP contribution in [0.5, 0.6) is 11.5 Å². The van der Waals surface area contributed by atoms with Crippen molar-refractivity contribution in [2.75, 3.05) is 33.3 Å². The molecule has 28 heavy (non-hydrogen) atoms. The number of methoxy groups -OCH3 is 1. The number of para-hydroxylation sites is 1. The molecule has 0 atom stereocenters. The van der Waals surface area contributed by atoms with E-state index in [0.29, 0.717) is 11.6 Å². The number of nitrogens with zero attached hydrogens (tertiary/aromatic N) is 1. The third-order valence-electron chi connectivity index (χ3n) is 4.42. The Hall–Kier alpha value is -1.17. The number of hydrogen-bond acceptors (Lipinski definition) is 4. The first-order valence-electron chi connectivity index (χ1n) is 9.14. The van der Waals surface area contributed by atoms with E-state index in [4.69, 9.17) is 21.1 Å². The van der Waals surface area contributed by atoms with E-state index in [1.807, 2.05) is 36.4 Å². The predicted molar refractivity (Wildman–Crippen MR) is 123 cm³/mol. The van der Waals surface area contributed by atoms with Crippen LogP contribution in [0.2, 0.25) is 5.02 Å². The summed E-state index contributed by atoms with van der Waals surface area (Å²) in [6, 6.07) is 13.7. The van der Waals surface area contributed by atoms with Gasteiger partial charge in [-0.1, -0.05) is 55.8 Å². The fourth-order valence-corrected chi connectivity index (χ4v) is 2.98. The molecule has 0 amide bonds. The normalized spacial score (nSPS) is 10.2. The lowest BCUT2D eigenvalue weighted by molar-refractivity contribution is 0.279. The SMILES string of the molecule is CCN(CC)CCNCc1cccc(OC)c1OCc1ccccc1Cl.Cl.Cl. The minimum Gasteiger partial charge on any atom is -0.493 e. The number of nitrogens with one attached hydrogen (secondary N) is 1. The number of benzene rings is 2. The molecule has 158 valence electrons. The molecule has 0 saturated carbocycles. The molecule has 0 saturated heterocycles. The highest BCUT2D eigenvalue weighted by atomic mass is 35.5. The first-order chi connectivity index (χ1) is 12.7. The van der Waals surface area contributed by atoms with Gasteiger partial charge in [0.1, 0.15) is 6.61 Å². The highest BCUT2D eigenvalue weighted by Gasteiger charge is 2.12. The molecule has 4 nitrogen and oxygen atoms in total. The van der Waals surface area contributed by atoms with Crippen molar-refractivity contribution in [3.05, 3.63) is 58.6 Å². The zero-order chi connectivity index (χ0) is 18.8. The minimum atomic E-state index is 0. The molecule has 2 aromatic carbocycles. The van der Waals surface area contributed by atoms with Crippen molar-refractivity contribution >= 4 is 36.4 Å². The molecule has 7 heteroatoms. The Bertz CT molecular complexity index is 682. The van der Waals surface area contributed by atoms with Crippen LogP contribution in [0.3, 0.4) is 0 Å². The molecule has 0 spiro atoms. The van der Waals surface area contributed by atoms with Gasteiger partial charge in [-0.2, -0.15) is 0 Å². The maximum Gasteiger partial charge on any atom is 0.166 e. The van der Waals surface area contributed by atoms with Gasteiger partial charge in [-0.05, 0) is 25.2 Å². The maximum atomic E-state index is 6.24. The topological polar surface area (TPSA) is 33.7 Å². The average molecular weight is 450 g/mol. The van der Waals surface area contributed by atoms with Crippen LogP contribution < -0.4 is 14.8 Å². The van der Waals surface area contributed by atoms with Gasteiger partial charge in [0.2, 0.25) is 0 Å². The summed E-state index contributed by atoms with van der Waals surface area (Å²) in [6.45, 7) is 9.63. The monoisotopic (exact) mass is 448 g/mol. The van der Waals surface area contributed by atoms with Crippen LogP contribution in [-0.4, -0.2) is 38.2 Å². The van der Waals surface area contributed by atoms with Gasteiger partial charge in [-0.25, -0.2) is 0 Å². The maximum absolute atomic E-state index is 6.24. The molecule has 0 unspecified atom stereocenters. The molecule has 0 aliphatic heterocycles. The Labute approximate surface area is 186 Å². The Kier molecular flexibility index (Phi) is 14.2. The van der Waals surface area contributed by atoms with Crippen molar-refractivity contribution in [1.82, 2.24) is 10.2 Å². The second-order valence-corrected chi connectivity index (χ2v) is 6.44. The lowest BCUT2D eigenvalue weighted by Gasteiger charge is -2.19. The van der Waals surface area contributed by atoms with Crippen LogP contribution in [0.25, 0.3) is 0 Å². The zero-order valence-corrected chi connectivity index (χ0v) is 19.1. The molecule has 0 aliphatic rings. The molecule has 0 bridgehead atoms. The fraction of sp³-hybridized carbons (Fsp3) is 0.429. The van der Waals surface area contributed by atoms with E-state index in [0.717, 1.165) is 55.3 Å². The van der Waals surface area contributed by atoms with Crippen molar-refractivity contribution in [3.8, 4) is 11.5 Å². The summed E-state index contributed by atoms with van der Waals surface area (Å²) in [4.78, 5) is 2.40. The summed E-state index contributed by atoms with van der Waals surface area (Å²) in [7, 11) is 1.66. The summed E-state index contributed by atoms with van der Waals surface area (Å²) >= 11 is 6.24. The first kappa shape index (κ1) is 26.8. The standard InChI is InChI=1S/C21H29ClN2O2.2ClH/c1-4-24(5-2)14-13-23-15-17-10-8-12-20(25-3)21(17)26-16-18-9-6-7-11-19(18)22;;/h6-12,23H,4-5,13-16H2,1-3H3;2*1H. The van der Waals surface area contributed by atoms with E-state index in [-0.39, 0.29) is 24.8 Å². The average Bonchev–Trinajstić information content (AvgIpc) is 2.67. The van der Waals surface area contributed by atoms with Gasteiger partial charge in [0.05, 0.1) is 7.11 Å². The number of likely N-dealkylation sites (N-methyl/N-ethyl adjacent to an activating group) is 1. The Morgan fingerprint density at radius 1 is 0.964 bits per heavy atom. The molecular formula is C21H31Cl3N2O2. The lowest BCUT2D eigenvalue weighted by atomic mass is 10.1. The van der Waals surface area contributed by atoms with Gasteiger partial charge in [-0.3, -0.25) is 0 Å². The third kappa shape index (κ3) is 8.06. The molecular weight excluding hydrogens is 419 g/mol. The van der Waals surface area contributed by atoms with Gasteiger partial charge in [0, 0.05) is 35.8 Å². The van der Waals surface area contributed by atoms with Crippen molar-refractivity contribution in [2.45, 2.75) is 27.0 Å². The Balaban J connectivity index is 0.00000364. The van der Waals surface area contributed by atoms with Crippen LogP contribution >= 0.6 is 36.4 Å². The smallest absolute Gasteiger partial charge is 0.166 e. The highest BCUT2D eigenvalue weighted by Crippen LogP contribution is 2.32. The minimum absolute atomic E-state index is 0. The highest BCUT2D eigenvalue weighted by molar-refractivity contribution is 6.31. The molecule has 0 fully saturated rings. The van der Waals surface area contributed by atoms with E-state index in [9.17, 15) is 0 Å². The van der Waals surface area contributed by atoms with Gasteiger partial charge >= 0.3 is 0 Å². The third-order valence-corrected chi connectivity index (χ3v) is 4.79. The summed E-state index contributed by atoms with van der Waals surface area (Å²) < 4.78 is 11.6. The van der Waals surface area contributed by atoms with Crippen LogP contribution in [0.15, 0.2) is 42.5 Å². The van der Waals surface area contributed by atoms with Crippen LogP contribution in [0, 0.1) is 0 Å². The number of ether oxygens (including phenoxy) is 2. The molecule has 0 aliphatic carbocycles. The number of rotatable bonds is 11. The first-order valence-corrected chi connectivity index (χ1v) is 9.52. The molecule has 1 N–H and O–H groups in total. The summed E-state index contributed by atoms with van der Waals surface area (Å²) in [5.74, 6) is 1.50. The number of halogens is 3. The van der Waals surface area contributed by atoms with Gasteiger partial charge in [-0.15, -0.1) is 24.8 Å². The largest absolute Gasteiger partial charge is 0.493 e. The zero-order valence-electron chi connectivity index (χ0n) is 16.7. The van der Waals surface area contributed by atoms with E-state index in [1.54, 1.807) is 7.11 Å². The van der Waals surface area contributed by atoms with Crippen LogP contribution in [0.4, 0.5) is 0 Å². The Morgan fingerprint density at radius 3 is 2.29 bits per heavy atom. The quantitative estimate of drug-likeness (QED) is 0.478. The summed E-state index contributed by atoms with van der Waals surface area (Å²) in [5, 5.41) is 4.21. The van der Waals surface area contributed by atoms with E-state index in [1.165, 1.54) is 0 Å². The number of hydrogen-bond donors (Lipinski definition) is 1. The van der Waals surface area contributed by atoms with Crippen molar-refractivity contribution in [3.63, 3.8) is 0 Å². The van der Waals surface area contributed by atoms with Crippen LogP contribution in [0.1, 0.15) is 25.0 Å². The molecule has 0 heterocycles. The van der Waals surface area contributed by atoms with Crippen molar-refractivity contribution in [1.29, 1.82) is 0 Å². The van der Waals surface area contributed by atoms with Gasteiger partial charge in [0.25, 0.3) is 0 Å². The molecule has 2 rings (SSSR count). The molecule has 2 aromatic rings. The van der Waals surface area contributed by atoms with Crippen molar-refractivity contribution < 1.29 is 9.47 Å². The van der Waals surface area contributed by atoms with Gasteiger partial charge in [0.15, 0.2) is 11.5 Å². The van der Waals surface area contributed by atoms with Crippen molar-refractivity contribution in [2.24, 2.45) is 0 Å². The predicted octanol–water partition coefficient (Wildman–Crippen LogP) is 5.20. The van der Waals surface area contributed by atoms with E-state index >= 15 is 0 Å².